The predicted molar refractivity (Wildman–Crippen MR) is 67.1 cm³/mol. The van der Waals surface area contributed by atoms with Crippen molar-refractivity contribution in [3.63, 3.8) is 0 Å². The fourth-order valence-corrected chi connectivity index (χ4v) is 1.51. The van der Waals surface area contributed by atoms with Crippen molar-refractivity contribution in [1.82, 2.24) is 0 Å². The summed E-state index contributed by atoms with van der Waals surface area (Å²) in [5.41, 5.74) is 12.4. The Labute approximate surface area is 104 Å². The lowest BCUT2D eigenvalue weighted by atomic mass is 10.0. The molecule has 0 saturated carbocycles. The van der Waals surface area contributed by atoms with Crippen LogP contribution >= 0.6 is 11.6 Å². The number of benzene rings is 1. The number of primary amides is 1. The fraction of sp³-hybridized carbons (Fsp3) is 0.273. The van der Waals surface area contributed by atoms with Gasteiger partial charge in [-0.05, 0) is 24.1 Å². The molecule has 5 N–H and O–H groups in total. The normalized spacial score (nSPS) is 9.12. The first-order valence-corrected chi connectivity index (χ1v) is 5.25. The molecular formula is C11H15ClN2O3. The smallest absolute Gasteiger partial charge is 0.300 e. The zero-order valence-corrected chi connectivity index (χ0v) is 10.4. The predicted octanol–water partition coefficient (Wildman–Crippen LogP) is 1.67. The number of carbonyl (C=O) groups excluding carboxylic acids is 1. The molecule has 0 heterocycles. The van der Waals surface area contributed by atoms with Crippen LogP contribution in [-0.2, 0) is 11.2 Å². The van der Waals surface area contributed by atoms with Crippen molar-refractivity contribution in [2.75, 3.05) is 5.73 Å². The lowest BCUT2D eigenvalue weighted by molar-refractivity contribution is -0.134. The highest BCUT2D eigenvalue weighted by Gasteiger charge is 2.11. The highest BCUT2D eigenvalue weighted by molar-refractivity contribution is 6.34. The van der Waals surface area contributed by atoms with Crippen molar-refractivity contribution >= 4 is 29.2 Å². The monoisotopic (exact) mass is 258 g/mol. The SMILES string of the molecule is CC(=O)O.CCc1c(C(N)=O)ccc(N)c1Cl. The second-order valence-corrected chi connectivity index (χ2v) is 3.61. The van der Waals surface area contributed by atoms with E-state index in [1.54, 1.807) is 12.1 Å². The number of amides is 1. The molecule has 6 heteroatoms. The molecule has 0 aliphatic carbocycles. The summed E-state index contributed by atoms with van der Waals surface area (Å²) >= 11 is 5.91. The summed E-state index contributed by atoms with van der Waals surface area (Å²) in [6, 6.07) is 3.18. The molecule has 1 aromatic rings. The number of carboxylic acids is 1. The average Bonchev–Trinajstić information content (AvgIpc) is 2.20. The number of carboxylic acid groups (broad SMARTS) is 1. The lowest BCUT2D eigenvalue weighted by Crippen LogP contribution is -2.14. The molecule has 0 spiro atoms. The molecule has 0 aliphatic heterocycles. The Morgan fingerprint density at radius 2 is 1.88 bits per heavy atom. The molecule has 0 aliphatic rings. The Bertz CT molecular complexity index is 429. The number of anilines is 1. The van der Waals surface area contributed by atoms with Crippen LogP contribution in [-0.4, -0.2) is 17.0 Å². The molecule has 1 rings (SSSR count). The number of carbonyl (C=O) groups is 2. The standard InChI is InChI=1S/C9H11ClN2O.C2H4O2/c1-2-5-6(9(12)13)3-4-7(11)8(5)10;1-2(3)4/h3-4H,2,11H2,1H3,(H2,12,13);1H3,(H,3,4). The minimum absolute atomic E-state index is 0.429. The van der Waals surface area contributed by atoms with Crippen molar-refractivity contribution < 1.29 is 14.7 Å². The molecule has 0 radical (unpaired) electrons. The summed E-state index contributed by atoms with van der Waals surface area (Å²) in [5.74, 6) is -1.31. The van der Waals surface area contributed by atoms with Crippen molar-refractivity contribution in [2.24, 2.45) is 5.73 Å². The van der Waals surface area contributed by atoms with Crippen LogP contribution in [0.1, 0.15) is 29.8 Å². The second-order valence-electron chi connectivity index (χ2n) is 3.23. The molecule has 0 atom stereocenters. The van der Waals surface area contributed by atoms with Crippen LogP contribution < -0.4 is 11.5 Å². The van der Waals surface area contributed by atoms with E-state index in [1.807, 2.05) is 6.92 Å². The van der Waals surface area contributed by atoms with Crippen LogP contribution in [0.4, 0.5) is 5.69 Å². The Hall–Kier alpha value is -1.75. The van der Waals surface area contributed by atoms with Gasteiger partial charge in [0.1, 0.15) is 0 Å². The van der Waals surface area contributed by atoms with E-state index in [0.717, 1.165) is 6.92 Å². The van der Waals surface area contributed by atoms with E-state index in [9.17, 15) is 4.79 Å². The first-order chi connectivity index (χ1) is 7.81. The van der Waals surface area contributed by atoms with Crippen molar-refractivity contribution in [3.05, 3.63) is 28.3 Å². The maximum atomic E-state index is 11.0. The van der Waals surface area contributed by atoms with E-state index >= 15 is 0 Å². The van der Waals surface area contributed by atoms with Crippen LogP contribution in [0.5, 0.6) is 0 Å². The van der Waals surface area contributed by atoms with Crippen LogP contribution in [0.2, 0.25) is 5.02 Å². The zero-order valence-electron chi connectivity index (χ0n) is 9.66. The van der Waals surface area contributed by atoms with Gasteiger partial charge in [-0.15, -0.1) is 0 Å². The van der Waals surface area contributed by atoms with Gasteiger partial charge >= 0.3 is 0 Å². The number of rotatable bonds is 2. The summed E-state index contributed by atoms with van der Waals surface area (Å²) in [4.78, 5) is 20.0. The first-order valence-electron chi connectivity index (χ1n) is 4.87. The Kier molecular flexibility index (Phi) is 6.06. The summed E-state index contributed by atoms with van der Waals surface area (Å²) in [5, 5.41) is 7.85. The summed E-state index contributed by atoms with van der Waals surface area (Å²) in [7, 11) is 0. The van der Waals surface area contributed by atoms with Crippen molar-refractivity contribution in [1.29, 1.82) is 0 Å². The van der Waals surface area contributed by atoms with Crippen molar-refractivity contribution in [3.8, 4) is 0 Å². The number of hydrogen-bond donors (Lipinski definition) is 3. The largest absolute Gasteiger partial charge is 0.481 e. The minimum atomic E-state index is -0.833. The molecule has 0 bridgehead atoms. The van der Waals surface area contributed by atoms with Crippen LogP contribution in [0.15, 0.2) is 12.1 Å². The van der Waals surface area contributed by atoms with Crippen molar-refractivity contribution in [2.45, 2.75) is 20.3 Å². The molecule has 0 aromatic heterocycles. The molecule has 1 aromatic carbocycles. The summed E-state index contributed by atoms with van der Waals surface area (Å²) in [6.07, 6.45) is 0.641. The van der Waals surface area contributed by atoms with E-state index in [2.05, 4.69) is 0 Å². The van der Waals surface area contributed by atoms with E-state index in [1.165, 1.54) is 0 Å². The van der Waals surface area contributed by atoms with Gasteiger partial charge < -0.3 is 16.6 Å². The van der Waals surface area contributed by atoms with E-state index in [-0.39, 0.29) is 0 Å². The Morgan fingerprint density at radius 1 is 1.41 bits per heavy atom. The van der Waals surface area contributed by atoms with Gasteiger partial charge in [0, 0.05) is 12.5 Å². The topological polar surface area (TPSA) is 106 Å². The molecule has 5 nitrogen and oxygen atoms in total. The van der Waals surface area contributed by atoms with Gasteiger partial charge in [0.15, 0.2) is 0 Å². The highest BCUT2D eigenvalue weighted by atomic mass is 35.5. The number of hydrogen-bond acceptors (Lipinski definition) is 3. The van der Waals surface area contributed by atoms with Gasteiger partial charge in [0.05, 0.1) is 10.7 Å². The van der Waals surface area contributed by atoms with E-state index in [4.69, 9.17) is 33.0 Å². The maximum Gasteiger partial charge on any atom is 0.300 e. The third-order valence-electron chi connectivity index (χ3n) is 1.89. The number of aliphatic carboxylic acids is 1. The second kappa shape index (κ2) is 6.75. The molecule has 17 heavy (non-hydrogen) atoms. The summed E-state index contributed by atoms with van der Waals surface area (Å²) < 4.78 is 0. The third-order valence-corrected chi connectivity index (χ3v) is 2.34. The van der Waals surface area contributed by atoms with Crippen LogP contribution in [0, 0.1) is 0 Å². The average molecular weight is 259 g/mol. The summed E-state index contributed by atoms with van der Waals surface area (Å²) in [6.45, 7) is 2.98. The molecule has 0 saturated heterocycles. The highest BCUT2D eigenvalue weighted by Crippen LogP contribution is 2.26. The molecular weight excluding hydrogens is 244 g/mol. The third kappa shape index (κ3) is 4.74. The number of nitrogen functional groups attached to an aromatic ring is 1. The molecule has 0 fully saturated rings. The van der Waals surface area contributed by atoms with Gasteiger partial charge in [-0.1, -0.05) is 18.5 Å². The van der Waals surface area contributed by atoms with Gasteiger partial charge in [0.25, 0.3) is 5.97 Å². The lowest BCUT2D eigenvalue weighted by Gasteiger charge is -2.08. The fourth-order valence-electron chi connectivity index (χ4n) is 1.22. The van der Waals surface area contributed by atoms with Gasteiger partial charge in [-0.2, -0.15) is 0 Å². The van der Waals surface area contributed by atoms with E-state index in [0.29, 0.717) is 28.3 Å². The Balaban J connectivity index is 0.000000557. The quantitative estimate of drug-likeness (QED) is 0.702. The van der Waals surface area contributed by atoms with Gasteiger partial charge in [-0.3, -0.25) is 9.59 Å². The minimum Gasteiger partial charge on any atom is -0.481 e. The molecule has 94 valence electrons. The van der Waals surface area contributed by atoms with Crippen LogP contribution in [0.3, 0.4) is 0 Å². The van der Waals surface area contributed by atoms with Crippen LogP contribution in [0.25, 0.3) is 0 Å². The molecule has 0 unspecified atom stereocenters. The number of halogens is 1. The zero-order chi connectivity index (χ0) is 13.6. The van der Waals surface area contributed by atoms with Gasteiger partial charge in [-0.25, -0.2) is 0 Å². The van der Waals surface area contributed by atoms with E-state index < -0.39 is 11.9 Å². The maximum absolute atomic E-state index is 11.0. The van der Waals surface area contributed by atoms with Gasteiger partial charge in [0.2, 0.25) is 5.91 Å². The molecule has 1 amide bonds. The first kappa shape index (κ1) is 15.2. The Morgan fingerprint density at radius 3 is 2.24 bits per heavy atom. The number of nitrogens with two attached hydrogens (primary N) is 2.